The van der Waals surface area contributed by atoms with Crippen LogP contribution in [0.1, 0.15) is 52.0 Å². The molecule has 1 unspecified atom stereocenters. The van der Waals surface area contributed by atoms with Gasteiger partial charge in [-0.1, -0.05) is 49.2 Å². The number of hydrogen-bond donors (Lipinski definition) is 0. The second kappa shape index (κ2) is 13.7. The molecule has 1 saturated heterocycles. The Morgan fingerprint density at radius 1 is 0.974 bits per heavy atom. The summed E-state index contributed by atoms with van der Waals surface area (Å²) in [6, 6.07) is 11.4. The van der Waals surface area contributed by atoms with Gasteiger partial charge in [-0.3, -0.25) is 9.69 Å². The molecule has 9 heteroatoms. The lowest BCUT2D eigenvalue weighted by atomic mass is 10.0. The van der Waals surface area contributed by atoms with E-state index in [1.807, 2.05) is 37.3 Å². The number of hydrogen-bond acceptors (Lipinski definition) is 6. The first-order valence-electron chi connectivity index (χ1n) is 13.9. The number of carbonyl (C=O) groups is 2. The highest BCUT2D eigenvalue weighted by atomic mass is 35.5. The van der Waals surface area contributed by atoms with E-state index < -0.39 is 6.09 Å². The maximum absolute atomic E-state index is 12.9. The fourth-order valence-electron chi connectivity index (χ4n) is 5.25. The summed E-state index contributed by atoms with van der Waals surface area (Å²) in [6.07, 6.45) is 2.72. The number of piperazine rings is 1. The number of halogens is 2. The van der Waals surface area contributed by atoms with Crippen molar-refractivity contribution in [3.8, 4) is 5.75 Å². The maximum atomic E-state index is 12.9. The number of nitrogens with zero attached hydrogens (tertiary/aromatic N) is 3. The van der Waals surface area contributed by atoms with Crippen molar-refractivity contribution >= 4 is 46.6 Å². The number of amides is 2. The molecule has 2 aliphatic rings. The predicted octanol–water partition coefficient (Wildman–Crippen LogP) is 6.83. The second-order valence-corrected chi connectivity index (χ2v) is 11.6. The number of carbonyl (C=O) groups excluding carboxylic acids is 2. The normalized spacial score (nSPS) is 16.8. The molecule has 0 aliphatic carbocycles. The molecular formula is C30H39Cl2N3O4. The summed E-state index contributed by atoms with van der Waals surface area (Å²) in [7, 11) is 0. The minimum atomic E-state index is -0.607. The van der Waals surface area contributed by atoms with Crippen LogP contribution in [0.25, 0.3) is 0 Å². The standard InChI is InChI=1S/C30H39Cl2N3O4/c1-21(2)19-22(3)39-30(37)35-27-20-24(11-9-23(27)10-12-28(35)36)38-18-5-4-13-33-14-16-34(17-15-33)26-8-6-7-25(31)29(26)32/h6-9,11,20-22H,4-5,10,12-19H2,1-3H3. The van der Waals surface area contributed by atoms with Crippen molar-refractivity contribution in [1.29, 1.82) is 0 Å². The Kier molecular flexibility index (Phi) is 10.4. The molecule has 2 amide bonds. The number of anilines is 2. The first kappa shape index (κ1) is 29.5. The summed E-state index contributed by atoms with van der Waals surface area (Å²) >= 11 is 12.6. The predicted molar refractivity (Wildman–Crippen MR) is 157 cm³/mol. The van der Waals surface area contributed by atoms with Crippen LogP contribution in [0.5, 0.6) is 5.75 Å². The number of unbranched alkanes of at least 4 members (excludes halogenated alkanes) is 1. The Morgan fingerprint density at radius 3 is 2.49 bits per heavy atom. The number of ether oxygens (including phenoxy) is 2. The van der Waals surface area contributed by atoms with Gasteiger partial charge in [0.25, 0.3) is 0 Å². The highest BCUT2D eigenvalue weighted by Gasteiger charge is 2.32. The van der Waals surface area contributed by atoms with E-state index in [1.165, 1.54) is 4.90 Å². The van der Waals surface area contributed by atoms with Crippen molar-refractivity contribution in [2.45, 2.75) is 59.0 Å². The average molecular weight is 577 g/mol. The van der Waals surface area contributed by atoms with Crippen LogP contribution in [-0.4, -0.2) is 62.3 Å². The molecule has 2 aromatic rings. The second-order valence-electron chi connectivity index (χ2n) is 10.8. The summed E-state index contributed by atoms with van der Waals surface area (Å²) < 4.78 is 11.6. The van der Waals surface area contributed by atoms with E-state index in [0.717, 1.165) is 63.2 Å². The molecule has 1 fully saturated rings. The van der Waals surface area contributed by atoms with Crippen molar-refractivity contribution in [3.63, 3.8) is 0 Å². The van der Waals surface area contributed by atoms with Crippen LogP contribution < -0.4 is 14.5 Å². The molecule has 0 bridgehead atoms. The molecule has 212 valence electrons. The monoisotopic (exact) mass is 575 g/mol. The Bertz CT molecular complexity index is 1150. The molecule has 0 N–H and O–H groups in total. The summed E-state index contributed by atoms with van der Waals surface area (Å²) in [5, 5.41) is 1.21. The van der Waals surface area contributed by atoms with Gasteiger partial charge in [0, 0.05) is 38.7 Å². The number of aryl methyl sites for hydroxylation is 1. The molecule has 0 spiro atoms. The summed E-state index contributed by atoms with van der Waals surface area (Å²) in [6.45, 7) is 11.4. The van der Waals surface area contributed by atoms with Crippen LogP contribution in [-0.2, 0) is 16.0 Å². The molecule has 2 aromatic carbocycles. The zero-order chi connectivity index (χ0) is 27.9. The first-order chi connectivity index (χ1) is 18.7. The van der Waals surface area contributed by atoms with Crippen molar-refractivity contribution in [3.05, 3.63) is 52.0 Å². The van der Waals surface area contributed by atoms with Crippen LogP contribution in [0.3, 0.4) is 0 Å². The Morgan fingerprint density at radius 2 is 1.74 bits per heavy atom. The van der Waals surface area contributed by atoms with Gasteiger partial charge in [-0.05, 0) is 68.8 Å². The zero-order valence-electron chi connectivity index (χ0n) is 23.1. The lowest BCUT2D eigenvalue weighted by Crippen LogP contribution is -2.46. The van der Waals surface area contributed by atoms with E-state index in [1.54, 1.807) is 6.07 Å². The first-order valence-corrected chi connectivity index (χ1v) is 14.7. The number of benzene rings is 2. The van der Waals surface area contributed by atoms with Gasteiger partial charge in [0.2, 0.25) is 5.91 Å². The van der Waals surface area contributed by atoms with Crippen molar-refractivity contribution in [2.75, 3.05) is 49.1 Å². The van der Waals surface area contributed by atoms with Crippen molar-refractivity contribution in [2.24, 2.45) is 5.92 Å². The van der Waals surface area contributed by atoms with Crippen LogP contribution in [0.4, 0.5) is 16.2 Å². The number of imide groups is 1. The zero-order valence-corrected chi connectivity index (χ0v) is 24.6. The van der Waals surface area contributed by atoms with E-state index in [2.05, 4.69) is 23.6 Å². The lowest BCUT2D eigenvalue weighted by molar-refractivity contribution is -0.118. The van der Waals surface area contributed by atoms with Crippen LogP contribution in [0, 0.1) is 5.92 Å². The van der Waals surface area contributed by atoms with Gasteiger partial charge in [0.05, 0.1) is 28.0 Å². The Hall–Kier alpha value is -2.48. The van der Waals surface area contributed by atoms with Gasteiger partial charge < -0.3 is 14.4 Å². The molecule has 2 heterocycles. The van der Waals surface area contributed by atoms with Gasteiger partial charge in [-0.15, -0.1) is 0 Å². The maximum Gasteiger partial charge on any atom is 0.421 e. The van der Waals surface area contributed by atoms with Gasteiger partial charge in [-0.2, -0.15) is 0 Å². The summed E-state index contributed by atoms with van der Waals surface area (Å²) in [4.78, 5) is 31.5. The third-order valence-corrected chi connectivity index (χ3v) is 8.03. The molecule has 39 heavy (non-hydrogen) atoms. The third kappa shape index (κ3) is 7.80. The average Bonchev–Trinajstić information content (AvgIpc) is 2.89. The summed E-state index contributed by atoms with van der Waals surface area (Å²) in [5.74, 6) is 0.817. The SMILES string of the molecule is CC(C)CC(C)OC(=O)N1C(=O)CCc2ccc(OCCCCN3CCN(c4cccc(Cl)c4Cl)CC3)cc21. The minimum absolute atomic E-state index is 0.237. The van der Waals surface area contributed by atoms with Gasteiger partial charge >= 0.3 is 6.09 Å². The van der Waals surface area contributed by atoms with Gasteiger partial charge in [0.15, 0.2) is 0 Å². The topological polar surface area (TPSA) is 62.3 Å². The minimum Gasteiger partial charge on any atom is -0.494 e. The van der Waals surface area contributed by atoms with Crippen molar-refractivity contribution in [1.82, 2.24) is 4.90 Å². The van der Waals surface area contributed by atoms with Gasteiger partial charge in [-0.25, -0.2) is 9.69 Å². The number of rotatable bonds is 10. The Balaban J connectivity index is 1.23. The van der Waals surface area contributed by atoms with E-state index >= 15 is 0 Å². The molecule has 0 aromatic heterocycles. The molecule has 4 rings (SSSR count). The summed E-state index contributed by atoms with van der Waals surface area (Å²) in [5.41, 5.74) is 2.53. The van der Waals surface area contributed by atoms with Crippen LogP contribution in [0.15, 0.2) is 36.4 Å². The molecule has 7 nitrogen and oxygen atoms in total. The fourth-order valence-corrected chi connectivity index (χ4v) is 5.67. The number of fused-ring (bicyclic) bond motifs is 1. The van der Waals surface area contributed by atoms with Crippen molar-refractivity contribution < 1.29 is 19.1 Å². The van der Waals surface area contributed by atoms with Crippen LogP contribution >= 0.6 is 23.2 Å². The molecule has 2 aliphatic heterocycles. The van der Waals surface area contributed by atoms with Crippen LogP contribution in [0.2, 0.25) is 10.0 Å². The fraction of sp³-hybridized carbons (Fsp3) is 0.533. The molecule has 0 saturated carbocycles. The smallest absolute Gasteiger partial charge is 0.421 e. The van der Waals surface area contributed by atoms with E-state index in [0.29, 0.717) is 46.8 Å². The van der Waals surface area contributed by atoms with E-state index in [-0.39, 0.29) is 12.0 Å². The highest BCUT2D eigenvalue weighted by molar-refractivity contribution is 6.43. The largest absolute Gasteiger partial charge is 0.494 e. The lowest BCUT2D eigenvalue weighted by Gasteiger charge is -2.36. The quantitative estimate of drug-likeness (QED) is 0.289. The third-order valence-electron chi connectivity index (χ3n) is 7.22. The van der Waals surface area contributed by atoms with E-state index in [9.17, 15) is 9.59 Å². The van der Waals surface area contributed by atoms with E-state index in [4.69, 9.17) is 32.7 Å². The highest BCUT2D eigenvalue weighted by Crippen LogP contribution is 2.34. The molecular weight excluding hydrogens is 537 g/mol. The Labute approximate surface area is 241 Å². The molecule has 1 atom stereocenters. The van der Waals surface area contributed by atoms with Gasteiger partial charge in [0.1, 0.15) is 11.9 Å². The molecule has 0 radical (unpaired) electrons.